The summed E-state index contributed by atoms with van der Waals surface area (Å²) in [6.07, 6.45) is 6.99. The van der Waals surface area contributed by atoms with Gasteiger partial charge in [-0.2, -0.15) is 0 Å². The highest BCUT2D eigenvalue weighted by molar-refractivity contribution is 7.91. The summed E-state index contributed by atoms with van der Waals surface area (Å²) in [6.45, 7) is 0. The van der Waals surface area contributed by atoms with Crippen LogP contribution >= 0.6 is 0 Å². The van der Waals surface area contributed by atoms with E-state index in [1.165, 1.54) is 25.4 Å². The first-order chi connectivity index (χ1) is 15.3. The van der Waals surface area contributed by atoms with Crippen LogP contribution in [0, 0.1) is 11.6 Å². The number of sulfone groups is 1. The first kappa shape index (κ1) is 21.6. The van der Waals surface area contributed by atoms with Crippen LogP contribution in [-0.2, 0) is 16.3 Å². The minimum Gasteiger partial charge on any atom is -0.495 e. The summed E-state index contributed by atoms with van der Waals surface area (Å²) in [4.78, 5) is 20.0. The van der Waals surface area contributed by atoms with Crippen LogP contribution in [0.2, 0.25) is 0 Å². The molecule has 0 N–H and O–H groups in total. The van der Waals surface area contributed by atoms with Crippen LogP contribution in [0.4, 0.5) is 8.78 Å². The summed E-state index contributed by atoms with van der Waals surface area (Å²) in [7, 11) is -2.97. The number of Topliss-reactive ketones (excluding diaryl/α,β-unsaturated/α-hetero) is 1. The summed E-state index contributed by atoms with van der Waals surface area (Å²) in [5, 5.41) is 0. The molecule has 0 spiro atoms. The fourth-order valence-electron chi connectivity index (χ4n) is 3.20. The molecule has 0 aliphatic heterocycles. The Hall–Kier alpha value is -3.66. The zero-order valence-corrected chi connectivity index (χ0v) is 17.6. The summed E-state index contributed by atoms with van der Waals surface area (Å²) < 4.78 is 59.4. The molecule has 0 amide bonds. The Bertz CT molecular complexity index is 1420. The van der Waals surface area contributed by atoms with E-state index >= 15 is 0 Å². The van der Waals surface area contributed by atoms with Crippen LogP contribution in [0.25, 0.3) is 5.78 Å². The maximum atomic E-state index is 13.7. The standard InChI is InChI=1S/C22H17F2N3O4S/c1-31-20-10-17(23)18(24)11-21(20)32(29,30)16-5-2-14(3-6-16)4-7-19(28)15-12-26-22-25-8-9-27(22)13-15/h2-3,5-6,8-13H,4,7H2,1H3. The number of benzene rings is 2. The number of carbonyl (C=O) groups excluding carboxylic acids is 1. The molecule has 164 valence electrons. The molecular formula is C22H17F2N3O4S. The average Bonchev–Trinajstić information content (AvgIpc) is 3.27. The molecule has 4 rings (SSSR count). The fraction of sp³-hybridized carbons (Fsp3) is 0.136. The molecule has 0 bridgehead atoms. The molecule has 2 aromatic carbocycles. The van der Waals surface area contributed by atoms with Gasteiger partial charge >= 0.3 is 0 Å². The van der Waals surface area contributed by atoms with Crippen molar-refractivity contribution in [1.29, 1.82) is 0 Å². The molecule has 32 heavy (non-hydrogen) atoms. The van der Waals surface area contributed by atoms with Crippen molar-refractivity contribution in [3.63, 3.8) is 0 Å². The van der Waals surface area contributed by atoms with Gasteiger partial charge in [0.05, 0.1) is 17.6 Å². The zero-order chi connectivity index (χ0) is 22.9. The van der Waals surface area contributed by atoms with Gasteiger partial charge in [0.25, 0.3) is 0 Å². The lowest BCUT2D eigenvalue weighted by Gasteiger charge is -2.11. The van der Waals surface area contributed by atoms with Crippen molar-refractivity contribution >= 4 is 21.4 Å². The van der Waals surface area contributed by atoms with Crippen molar-refractivity contribution in [2.45, 2.75) is 22.6 Å². The molecule has 10 heteroatoms. The van der Waals surface area contributed by atoms with E-state index in [1.807, 2.05) is 0 Å². The number of nitrogens with zero attached hydrogens (tertiary/aromatic N) is 3. The number of rotatable bonds is 7. The van der Waals surface area contributed by atoms with E-state index in [9.17, 15) is 22.0 Å². The third-order valence-corrected chi connectivity index (χ3v) is 6.73. The Morgan fingerprint density at radius 1 is 1.09 bits per heavy atom. The number of hydrogen-bond donors (Lipinski definition) is 0. The molecular weight excluding hydrogens is 440 g/mol. The van der Waals surface area contributed by atoms with E-state index in [4.69, 9.17) is 4.74 Å². The van der Waals surface area contributed by atoms with Crippen molar-refractivity contribution in [2.24, 2.45) is 0 Å². The number of aryl methyl sites for hydroxylation is 1. The number of fused-ring (bicyclic) bond motifs is 1. The van der Waals surface area contributed by atoms with E-state index < -0.39 is 26.4 Å². The van der Waals surface area contributed by atoms with E-state index in [-0.39, 0.29) is 22.8 Å². The van der Waals surface area contributed by atoms with Crippen LogP contribution in [0.15, 0.2) is 71.0 Å². The average molecular weight is 457 g/mol. The van der Waals surface area contributed by atoms with Crippen LogP contribution in [0.3, 0.4) is 0 Å². The smallest absolute Gasteiger partial charge is 0.233 e. The van der Waals surface area contributed by atoms with Crippen LogP contribution in [0.1, 0.15) is 22.3 Å². The molecule has 0 atom stereocenters. The highest BCUT2D eigenvalue weighted by Crippen LogP contribution is 2.31. The fourth-order valence-corrected chi connectivity index (χ4v) is 4.62. The van der Waals surface area contributed by atoms with Gasteiger partial charge in [-0.1, -0.05) is 12.1 Å². The Morgan fingerprint density at radius 3 is 2.53 bits per heavy atom. The lowest BCUT2D eigenvalue weighted by Crippen LogP contribution is -2.07. The van der Waals surface area contributed by atoms with Crippen molar-refractivity contribution in [3.8, 4) is 5.75 Å². The quantitative estimate of drug-likeness (QED) is 0.311. The third kappa shape index (κ3) is 4.09. The molecule has 0 saturated heterocycles. The van der Waals surface area contributed by atoms with Crippen LogP contribution in [0.5, 0.6) is 5.75 Å². The molecule has 0 aliphatic carbocycles. The third-order valence-electron chi connectivity index (χ3n) is 4.94. The van der Waals surface area contributed by atoms with Crippen LogP contribution < -0.4 is 4.74 Å². The monoisotopic (exact) mass is 457 g/mol. The van der Waals surface area contributed by atoms with Crippen molar-refractivity contribution < 1.29 is 26.7 Å². The lowest BCUT2D eigenvalue weighted by atomic mass is 10.0. The Morgan fingerprint density at radius 2 is 1.81 bits per heavy atom. The van der Waals surface area contributed by atoms with Gasteiger partial charge in [0.1, 0.15) is 10.6 Å². The Kier molecular flexibility index (Phi) is 5.70. The number of hydrogen-bond acceptors (Lipinski definition) is 6. The summed E-state index contributed by atoms with van der Waals surface area (Å²) >= 11 is 0. The van der Waals surface area contributed by atoms with Gasteiger partial charge in [0.2, 0.25) is 15.6 Å². The number of aromatic nitrogens is 3. The number of ether oxygens (including phenoxy) is 1. The maximum Gasteiger partial charge on any atom is 0.233 e. The Balaban J connectivity index is 1.50. The van der Waals surface area contributed by atoms with E-state index in [0.29, 0.717) is 29.9 Å². The van der Waals surface area contributed by atoms with Gasteiger partial charge in [-0.3, -0.25) is 9.20 Å². The lowest BCUT2D eigenvalue weighted by molar-refractivity contribution is 0.0982. The van der Waals surface area contributed by atoms with Gasteiger partial charge < -0.3 is 4.74 Å². The number of carbonyl (C=O) groups is 1. The second-order valence-corrected chi connectivity index (χ2v) is 8.88. The normalized spacial score (nSPS) is 11.6. The molecule has 0 radical (unpaired) electrons. The minimum atomic E-state index is -4.14. The van der Waals surface area contributed by atoms with Gasteiger partial charge in [-0.05, 0) is 30.2 Å². The summed E-state index contributed by atoms with van der Waals surface area (Å²) in [6, 6.07) is 7.15. The largest absolute Gasteiger partial charge is 0.495 e. The molecule has 0 aliphatic rings. The second kappa shape index (κ2) is 8.46. The number of ketones is 1. The molecule has 2 heterocycles. The zero-order valence-electron chi connectivity index (χ0n) is 16.8. The number of methoxy groups -OCH3 is 1. The highest BCUT2D eigenvalue weighted by Gasteiger charge is 2.24. The van der Waals surface area contributed by atoms with Gasteiger partial charge in [-0.25, -0.2) is 27.2 Å². The SMILES string of the molecule is COc1cc(F)c(F)cc1S(=O)(=O)c1ccc(CCC(=O)c2cnc3nccn3c2)cc1. The topological polar surface area (TPSA) is 90.6 Å². The Labute approximate surface area is 182 Å². The van der Waals surface area contributed by atoms with Crippen molar-refractivity contribution in [1.82, 2.24) is 14.4 Å². The van der Waals surface area contributed by atoms with E-state index in [1.54, 1.807) is 35.1 Å². The van der Waals surface area contributed by atoms with Crippen molar-refractivity contribution in [3.05, 3.63) is 83.9 Å². The van der Waals surface area contributed by atoms with Crippen LogP contribution in [-0.4, -0.2) is 35.7 Å². The van der Waals surface area contributed by atoms with Gasteiger partial charge in [-0.15, -0.1) is 0 Å². The number of imidazole rings is 1. The highest BCUT2D eigenvalue weighted by atomic mass is 32.2. The second-order valence-electron chi connectivity index (χ2n) is 6.96. The predicted octanol–water partition coefficient (Wildman–Crippen LogP) is 3.66. The van der Waals surface area contributed by atoms with Gasteiger partial charge in [0, 0.05) is 37.3 Å². The number of halogens is 2. The van der Waals surface area contributed by atoms with E-state index in [0.717, 1.165) is 5.56 Å². The summed E-state index contributed by atoms with van der Waals surface area (Å²) in [5.74, 6) is -2.40. The molecule has 0 saturated carbocycles. The molecule has 7 nitrogen and oxygen atoms in total. The molecule has 2 aromatic heterocycles. The van der Waals surface area contributed by atoms with E-state index in [2.05, 4.69) is 9.97 Å². The first-order valence-corrected chi connectivity index (χ1v) is 11.0. The molecule has 0 unspecified atom stereocenters. The van der Waals surface area contributed by atoms with Crippen molar-refractivity contribution in [2.75, 3.05) is 7.11 Å². The maximum absolute atomic E-state index is 13.7. The first-order valence-electron chi connectivity index (χ1n) is 9.48. The van der Waals surface area contributed by atoms with Gasteiger partial charge in [0.15, 0.2) is 17.4 Å². The minimum absolute atomic E-state index is 0.105. The predicted molar refractivity (Wildman–Crippen MR) is 110 cm³/mol. The molecule has 0 fully saturated rings. The summed E-state index contributed by atoms with van der Waals surface area (Å²) in [5.41, 5.74) is 1.19. The molecule has 4 aromatic rings.